The van der Waals surface area contributed by atoms with Gasteiger partial charge in [0.1, 0.15) is 0 Å². The highest BCUT2D eigenvalue weighted by atomic mass is 16.5. The molecule has 2 rings (SSSR count). The molecule has 0 spiro atoms. The molecule has 0 bridgehead atoms. The lowest BCUT2D eigenvalue weighted by Crippen LogP contribution is -2.15. The number of rotatable bonds is 0. The Labute approximate surface area is 92.7 Å². The molecule has 0 aliphatic heterocycles. The van der Waals surface area contributed by atoms with Crippen LogP contribution in [-0.4, -0.2) is 25.3 Å². The average molecular weight is 219 g/mol. The first-order chi connectivity index (χ1) is 7.61. The van der Waals surface area contributed by atoms with Crippen LogP contribution in [0.1, 0.15) is 11.4 Å². The van der Waals surface area contributed by atoms with Crippen LogP contribution in [0.5, 0.6) is 0 Å². The van der Waals surface area contributed by atoms with Crippen molar-refractivity contribution in [3.05, 3.63) is 47.3 Å². The van der Waals surface area contributed by atoms with Gasteiger partial charge in [0.25, 0.3) is 0 Å². The van der Waals surface area contributed by atoms with Gasteiger partial charge in [0, 0.05) is 12.4 Å². The van der Waals surface area contributed by atoms with Gasteiger partial charge in [-0.05, 0) is 32.0 Å². The topological polar surface area (TPSA) is 87.7 Å². The van der Waals surface area contributed by atoms with Gasteiger partial charge in [0.05, 0.1) is 16.7 Å². The average Bonchev–Trinajstić information content (AvgIpc) is 2.30. The molecular formula is C10H13N5O. The van der Waals surface area contributed by atoms with Crippen LogP contribution in [0.2, 0.25) is 0 Å². The molecule has 6 nitrogen and oxygen atoms in total. The Morgan fingerprint density at radius 2 is 1.75 bits per heavy atom. The molecule has 2 heterocycles. The number of aromatic nitrogens is 4. The summed E-state index contributed by atoms with van der Waals surface area (Å²) in [5.41, 5.74) is 1.09. The third-order valence-corrected chi connectivity index (χ3v) is 1.79. The zero-order valence-electron chi connectivity index (χ0n) is 9.12. The summed E-state index contributed by atoms with van der Waals surface area (Å²) in [5.74, 6) is 0. The summed E-state index contributed by atoms with van der Waals surface area (Å²) in [5, 5.41) is 27.3. The van der Waals surface area contributed by atoms with E-state index in [9.17, 15) is 0 Å². The second-order valence-electron chi connectivity index (χ2n) is 3.09. The quantitative estimate of drug-likeness (QED) is 0.638. The SMILES string of the molecule is Cc1nn(O)c(C)cc1=N.c1ccnnc1. The molecule has 0 fully saturated rings. The summed E-state index contributed by atoms with van der Waals surface area (Å²) in [7, 11) is 0. The summed E-state index contributed by atoms with van der Waals surface area (Å²) >= 11 is 0. The van der Waals surface area contributed by atoms with Crippen molar-refractivity contribution in [2.75, 3.05) is 0 Å². The minimum Gasteiger partial charge on any atom is -0.411 e. The zero-order chi connectivity index (χ0) is 12.0. The van der Waals surface area contributed by atoms with E-state index in [4.69, 9.17) is 10.6 Å². The lowest BCUT2D eigenvalue weighted by atomic mass is 10.3. The van der Waals surface area contributed by atoms with E-state index < -0.39 is 0 Å². The van der Waals surface area contributed by atoms with Crippen molar-refractivity contribution < 1.29 is 5.21 Å². The first-order valence-corrected chi connectivity index (χ1v) is 4.64. The molecule has 2 aromatic heterocycles. The maximum absolute atomic E-state index is 8.95. The van der Waals surface area contributed by atoms with Crippen molar-refractivity contribution in [1.82, 2.24) is 20.1 Å². The van der Waals surface area contributed by atoms with E-state index in [0.717, 1.165) is 4.85 Å². The number of aryl methyl sites for hydroxylation is 2. The summed E-state index contributed by atoms with van der Waals surface area (Å²) < 4.78 is 0. The fourth-order valence-electron chi connectivity index (χ4n) is 0.899. The van der Waals surface area contributed by atoms with Crippen molar-refractivity contribution >= 4 is 0 Å². The number of hydrogen-bond donors (Lipinski definition) is 2. The standard InChI is InChI=1S/C6H9N3O.C4H4N2/c1-4-3-6(7)5(2)8-9(4)10;1-2-4-6-5-3-1/h3,7,10H,1-2H3;1-4H. The van der Waals surface area contributed by atoms with E-state index in [1.54, 1.807) is 32.3 Å². The third-order valence-electron chi connectivity index (χ3n) is 1.79. The molecule has 0 radical (unpaired) electrons. The van der Waals surface area contributed by atoms with Gasteiger partial charge in [-0.2, -0.15) is 10.2 Å². The maximum Gasteiger partial charge on any atom is 0.0862 e. The fourth-order valence-corrected chi connectivity index (χ4v) is 0.899. The van der Waals surface area contributed by atoms with E-state index in [2.05, 4.69) is 15.3 Å². The van der Waals surface area contributed by atoms with E-state index in [1.807, 2.05) is 12.1 Å². The third kappa shape index (κ3) is 3.49. The Bertz CT molecular complexity index is 468. The summed E-state index contributed by atoms with van der Waals surface area (Å²) in [4.78, 5) is 0.771. The molecule has 0 amide bonds. The second-order valence-corrected chi connectivity index (χ2v) is 3.09. The molecule has 0 saturated heterocycles. The van der Waals surface area contributed by atoms with Gasteiger partial charge in [-0.25, -0.2) is 0 Å². The Hall–Kier alpha value is -2.24. The molecule has 0 unspecified atom stereocenters. The van der Waals surface area contributed by atoms with Crippen molar-refractivity contribution in [3.8, 4) is 0 Å². The molecule has 2 aromatic rings. The highest BCUT2D eigenvalue weighted by Gasteiger charge is 1.95. The highest BCUT2D eigenvalue weighted by Crippen LogP contribution is 1.87. The smallest absolute Gasteiger partial charge is 0.0862 e. The zero-order valence-corrected chi connectivity index (χ0v) is 9.12. The Kier molecular flexibility index (Phi) is 4.14. The lowest BCUT2D eigenvalue weighted by Gasteiger charge is -2.00. The van der Waals surface area contributed by atoms with Crippen LogP contribution in [-0.2, 0) is 0 Å². The molecule has 2 N–H and O–H groups in total. The van der Waals surface area contributed by atoms with Crippen LogP contribution >= 0.6 is 0 Å². The molecule has 0 saturated carbocycles. The van der Waals surface area contributed by atoms with Gasteiger partial charge in [0.2, 0.25) is 0 Å². The van der Waals surface area contributed by atoms with Gasteiger partial charge >= 0.3 is 0 Å². The first-order valence-electron chi connectivity index (χ1n) is 4.64. The van der Waals surface area contributed by atoms with Crippen LogP contribution < -0.4 is 5.36 Å². The summed E-state index contributed by atoms with van der Waals surface area (Å²) in [6, 6.07) is 5.21. The Morgan fingerprint density at radius 1 is 1.19 bits per heavy atom. The predicted molar refractivity (Wildman–Crippen MR) is 56.8 cm³/mol. The highest BCUT2D eigenvalue weighted by molar-refractivity contribution is 5.02. The van der Waals surface area contributed by atoms with Gasteiger partial charge in [-0.15, -0.1) is 9.94 Å². The molecule has 0 aromatic carbocycles. The summed E-state index contributed by atoms with van der Waals surface area (Å²) in [6.45, 7) is 3.36. The maximum atomic E-state index is 8.95. The monoisotopic (exact) mass is 219 g/mol. The van der Waals surface area contributed by atoms with Crippen molar-refractivity contribution in [2.24, 2.45) is 0 Å². The van der Waals surface area contributed by atoms with Gasteiger partial charge in [0.15, 0.2) is 0 Å². The molecule has 6 heteroatoms. The molecule has 0 aliphatic rings. The van der Waals surface area contributed by atoms with E-state index >= 15 is 0 Å². The number of nitrogens with zero attached hydrogens (tertiary/aromatic N) is 4. The van der Waals surface area contributed by atoms with Crippen molar-refractivity contribution in [2.45, 2.75) is 13.8 Å². The van der Waals surface area contributed by atoms with Crippen LogP contribution in [0.15, 0.2) is 30.6 Å². The molecular weight excluding hydrogens is 206 g/mol. The van der Waals surface area contributed by atoms with Crippen LogP contribution in [0, 0.1) is 19.3 Å². The predicted octanol–water partition coefficient (Wildman–Crippen LogP) is 0.693. The summed E-state index contributed by atoms with van der Waals surface area (Å²) in [6.07, 6.45) is 3.28. The molecule has 0 atom stereocenters. The number of hydrogen-bond acceptors (Lipinski definition) is 5. The van der Waals surface area contributed by atoms with E-state index in [0.29, 0.717) is 16.7 Å². The largest absolute Gasteiger partial charge is 0.411 e. The molecule has 84 valence electrons. The van der Waals surface area contributed by atoms with Gasteiger partial charge in [-0.3, -0.25) is 5.41 Å². The van der Waals surface area contributed by atoms with E-state index in [-0.39, 0.29) is 0 Å². The van der Waals surface area contributed by atoms with Crippen LogP contribution in [0.25, 0.3) is 0 Å². The Balaban J connectivity index is 0.000000181. The Morgan fingerprint density at radius 3 is 2.12 bits per heavy atom. The molecule has 0 aliphatic carbocycles. The van der Waals surface area contributed by atoms with Crippen molar-refractivity contribution in [3.63, 3.8) is 0 Å². The second kappa shape index (κ2) is 5.59. The lowest BCUT2D eigenvalue weighted by molar-refractivity contribution is 0.135. The van der Waals surface area contributed by atoms with Gasteiger partial charge in [-0.1, -0.05) is 0 Å². The van der Waals surface area contributed by atoms with E-state index in [1.165, 1.54) is 0 Å². The number of nitrogens with one attached hydrogen (secondary N) is 1. The minimum absolute atomic E-state index is 0.350. The van der Waals surface area contributed by atoms with Crippen LogP contribution in [0.3, 0.4) is 0 Å². The van der Waals surface area contributed by atoms with Gasteiger partial charge < -0.3 is 5.21 Å². The normalized spacial score (nSPS) is 9.12. The molecule has 16 heavy (non-hydrogen) atoms. The van der Waals surface area contributed by atoms with Crippen molar-refractivity contribution in [1.29, 1.82) is 5.41 Å². The van der Waals surface area contributed by atoms with Crippen LogP contribution in [0.4, 0.5) is 0 Å². The first kappa shape index (κ1) is 11.8. The fraction of sp³-hybridized carbons (Fsp3) is 0.200. The minimum atomic E-state index is 0.350.